The summed E-state index contributed by atoms with van der Waals surface area (Å²) in [5, 5.41) is 16.9. The quantitative estimate of drug-likeness (QED) is 0.678. The summed E-state index contributed by atoms with van der Waals surface area (Å²) >= 11 is 0. The van der Waals surface area contributed by atoms with Crippen molar-refractivity contribution in [2.75, 3.05) is 0 Å². The van der Waals surface area contributed by atoms with Crippen LogP contribution in [0.4, 0.5) is 0 Å². The molecule has 72 valence electrons. The first kappa shape index (κ1) is 9.85. The molecule has 1 aromatic rings. The zero-order valence-corrected chi connectivity index (χ0v) is 7.98. The SMILES string of the molecule is Cc1c(C=O)nnn1CC(C)(C)O. The Hall–Kier alpha value is -1.23. The Morgan fingerprint density at radius 1 is 1.62 bits per heavy atom. The summed E-state index contributed by atoms with van der Waals surface area (Å²) in [6.07, 6.45) is 0.656. The van der Waals surface area contributed by atoms with Crippen molar-refractivity contribution in [2.45, 2.75) is 32.9 Å². The van der Waals surface area contributed by atoms with Crippen LogP contribution in [0.5, 0.6) is 0 Å². The minimum atomic E-state index is -0.849. The molecule has 0 bridgehead atoms. The zero-order chi connectivity index (χ0) is 10.1. The van der Waals surface area contributed by atoms with Gasteiger partial charge in [0, 0.05) is 0 Å². The van der Waals surface area contributed by atoms with Gasteiger partial charge in [0.2, 0.25) is 0 Å². The smallest absolute Gasteiger partial charge is 0.172 e. The molecular formula is C8H13N3O2. The summed E-state index contributed by atoms with van der Waals surface area (Å²) in [4.78, 5) is 10.4. The number of rotatable bonds is 3. The van der Waals surface area contributed by atoms with Crippen LogP contribution in [0.15, 0.2) is 0 Å². The van der Waals surface area contributed by atoms with Gasteiger partial charge in [-0.05, 0) is 20.8 Å². The van der Waals surface area contributed by atoms with Crippen LogP contribution in [0, 0.1) is 6.92 Å². The average Bonchev–Trinajstić information content (AvgIpc) is 2.30. The standard InChI is InChI=1S/C8H13N3O2/c1-6-7(4-12)9-10-11(6)5-8(2,3)13/h4,13H,5H2,1-3H3. The Labute approximate surface area is 76.4 Å². The monoisotopic (exact) mass is 183 g/mol. The average molecular weight is 183 g/mol. The Morgan fingerprint density at radius 2 is 2.23 bits per heavy atom. The number of aldehydes is 1. The van der Waals surface area contributed by atoms with Gasteiger partial charge in [0.1, 0.15) is 5.69 Å². The molecular weight excluding hydrogens is 170 g/mol. The largest absolute Gasteiger partial charge is 0.389 e. The molecule has 0 spiro atoms. The summed E-state index contributed by atoms with van der Waals surface area (Å²) < 4.78 is 1.52. The fraction of sp³-hybridized carbons (Fsp3) is 0.625. The lowest BCUT2D eigenvalue weighted by Gasteiger charge is -2.16. The van der Waals surface area contributed by atoms with Gasteiger partial charge in [-0.3, -0.25) is 4.79 Å². The van der Waals surface area contributed by atoms with Crippen molar-refractivity contribution in [3.63, 3.8) is 0 Å². The molecule has 1 heterocycles. The van der Waals surface area contributed by atoms with Crippen LogP contribution in [-0.4, -0.2) is 32.0 Å². The molecule has 0 amide bonds. The van der Waals surface area contributed by atoms with Crippen molar-refractivity contribution in [2.24, 2.45) is 0 Å². The lowest BCUT2D eigenvalue weighted by Crippen LogP contribution is -2.27. The number of hydrogen-bond donors (Lipinski definition) is 1. The lowest BCUT2D eigenvalue weighted by molar-refractivity contribution is 0.0564. The van der Waals surface area contributed by atoms with Crippen molar-refractivity contribution < 1.29 is 9.90 Å². The van der Waals surface area contributed by atoms with E-state index in [1.807, 2.05) is 0 Å². The highest BCUT2D eigenvalue weighted by atomic mass is 16.3. The van der Waals surface area contributed by atoms with Crippen molar-refractivity contribution in [3.8, 4) is 0 Å². The summed E-state index contributed by atoms with van der Waals surface area (Å²) in [6, 6.07) is 0. The second-order valence-corrected chi connectivity index (χ2v) is 3.65. The highest BCUT2D eigenvalue weighted by Gasteiger charge is 2.17. The molecule has 1 aromatic heterocycles. The van der Waals surface area contributed by atoms with Crippen LogP contribution in [0.2, 0.25) is 0 Å². The lowest BCUT2D eigenvalue weighted by atomic mass is 10.1. The Morgan fingerprint density at radius 3 is 2.62 bits per heavy atom. The predicted octanol–water partition coefficient (Wildman–Crippen LogP) is 0.170. The molecule has 5 heteroatoms. The maximum atomic E-state index is 10.4. The molecule has 0 aromatic carbocycles. The molecule has 1 rings (SSSR count). The third kappa shape index (κ3) is 2.35. The van der Waals surface area contributed by atoms with Gasteiger partial charge in [-0.2, -0.15) is 0 Å². The van der Waals surface area contributed by atoms with E-state index in [0.717, 1.165) is 0 Å². The van der Waals surface area contributed by atoms with Crippen molar-refractivity contribution in [1.82, 2.24) is 15.0 Å². The fourth-order valence-electron chi connectivity index (χ4n) is 0.999. The Balaban J connectivity index is 2.90. The van der Waals surface area contributed by atoms with Gasteiger partial charge in [-0.1, -0.05) is 5.21 Å². The molecule has 0 aliphatic heterocycles. The first-order chi connectivity index (χ1) is 5.94. The normalized spacial score (nSPS) is 11.7. The summed E-state index contributed by atoms with van der Waals surface area (Å²) in [7, 11) is 0. The fourth-order valence-corrected chi connectivity index (χ4v) is 0.999. The van der Waals surface area contributed by atoms with E-state index in [1.54, 1.807) is 20.8 Å². The molecule has 0 radical (unpaired) electrons. The molecule has 0 saturated heterocycles. The molecule has 0 aliphatic rings. The summed E-state index contributed by atoms with van der Waals surface area (Å²) in [5.74, 6) is 0. The van der Waals surface area contributed by atoms with Crippen molar-refractivity contribution in [1.29, 1.82) is 0 Å². The summed E-state index contributed by atoms with van der Waals surface area (Å²) in [6.45, 7) is 5.43. The third-order valence-electron chi connectivity index (χ3n) is 1.67. The number of hydrogen-bond acceptors (Lipinski definition) is 4. The molecule has 0 saturated carbocycles. The minimum absolute atomic E-state index is 0.323. The number of nitrogens with zero attached hydrogens (tertiary/aromatic N) is 3. The van der Waals surface area contributed by atoms with Gasteiger partial charge >= 0.3 is 0 Å². The molecule has 0 aliphatic carbocycles. The van der Waals surface area contributed by atoms with Crippen LogP contribution < -0.4 is 0 Å². The van der Waals surface area contributed by atoms with Crippen molar-refractivity contribution >= 4 is 6.29 Å². The van der Waals surface area contributed by atoms with Gasteiger partial charge < -0.3 is 5.11 Å². The van der Waals surface area contributed by atoms with Crippen LogP contribution >= 0.6 is 0 Å². The minimum Gasteiger partial charge on any atom is -0.389 e. The van der Waals surface area contributed by atoms with Crippen molar-refractivity contribution in [3.05, 3.63) is 11.4 Å². The Bertz CT molecular complexity index is 312. The third-order valence-corrected chi connectivity index (χ3v) is 1.67. The van der Waals surface area contributed by atoms with E-state index in [0.29, 0.717) is 24.2 Å². The zero-order valence-electron chi connectivity index (χ0n) is 7.98. The first-order valence-electron chi connectivity index (χ1n) is 4.01. The van der Waals surface area contributed by atoms with E-state index in [1.165, 1.54) is 4.68 Å². The topological polar surface area (TPSA) is 68.0 Å². The maximum absolute atomic E-state index is 10.4. The number of aliphatic hydroxyl groups is 1. The predicted molar refractivity (Wildman–Crippen MR) is 46.4 cm³/mol. The van der Waals surface area contributed by atoms with E-state index in [4.69, 9.17) is 0 Å². The highest BCUT2D eigenvalue weighted by molar-refractivity contribution is 5.72. The first-order valence-corrected chi connectivity index (χ1v) is 4.01. The van der Waals surface area contributed by atoms with E-state index < -0.39 is 5.60 Å². The second kappa shape index (κ2) is 3.26. The van der Waals surface area contributed by atoms with Gasteiger partial charge in [-0.15, -0.1) is 5.10 Å². The summed E-state index contributed by atoms with van der Waals surface area (Å²) in [5.41, 5.74) is 0.153. The van der Waals surface area contributed by atoms with Gasteiger partial charge in [0.05, 0.1) is 17.8 Å². The van der Waals surface area contributed by atoms with Gasteiger partial charge in [0.15, 0.2) is 6.29 Å². The number of carbonyl (C=O) groups is 1. The maximum Gasteiger partial charge on any atom is 0.172 e. The number of aromatic nitrogens is 3. The van der Waals surface area contributed by atoms with Crippen LogP contribution in [0.3, 0.4) is 0 Å². The second-order valence-electron chi connectivity index (χ2n) is 3.65. The molecule has 0 atom stereocenters. The van der Waals surface area contributed by atoms with E-state index in [2.05, 4.69) is 10.3 Å². The van der Waals surface area contributed by atoms with Gasteiger partial charge in [0.25, 0.3) is 0 Å². The molecule has 13 heavy (non-hydrogen) atoms. The van der Waals surface area contributed by atoms with Crippen LogP contribution in [0.25, 0.3) is 0 Å². The van der Waals surface area contributed by atoms with Gasteiger partial charge in [-0.25, -0.2) is 4.68 Å². The van der Waals surface area contributed by atoms with Crippen LogP contribution in [0.1, 0.15) is 30.0 Å². The highest BCUT2D eigenvalue weighted by Crippen LogP contribution is 2.08. The van der Waals surface area contributed by atoms with E-state index in [9.17, 15) is 9.90 Å². The Kier molecular flexibility index (Phi) is 2.47. The van der Waals surface area contributed by atoms with Crippen LogP contribution in [-0.2, 0) is 6.54 Å². The van der Waals surface area contributed by atoms with E-state index in [-0.39, 0.29) is 0 Å². The molecule has 5 nitrogen and oxygen atoms in total. The number of carbonyl (C=O) groups excluding carboxylic acids is 1. The molecule has 0 fully saturated rings. The van der Waals surface area contributed by atoms with E-state index >= 15 is 0 Å². The molecule has 1 N–H and O–H groups in total. The molecule has 0 unspecified atom stereocenters.